The van der Waals surface area contributed by atoms with Crippen molar-refractivity contribution in [3.8, 4) is 5.75 Å². The number of hydrogen-bond acceptors (Lipinski definition) is 10. The number of aromatic amines is 1. The molecule has 10 nitrogen and oxygen atoms in total. The summed E-state index contributed by atoms with van der Waals surface area (Å²) < 4.78 is 5.85. The predicted molar refractivity (Wildman–Crippen MR) is 152 cm³/mol. The maximum absolute atomic E-state index is 11.8. The van der Waals surface area contributed by atoms with Crippen molar-refractivity contribution in [2.75, 3.05) is 70.7 Å². The van der Waals surface area contributed by atoms with Crippen LogP contribution in [0.4, 0.5) is 17.5 Å². The standard InChI is InChI=1S/C27H38N8O2S/c1-6-21(36)18-20-7-9-22(10-8-20)38-27-29-25(28-23-17-19(2)31-32-23)24(37-5)26(30-27)35-15-13-34(14-16-35)12-11-33(3)4/h7-10,17H,6,11-16,18H2,1-5H3,(H2,28,29,30,31,32). The van der Waals surface area contributed by atoms with E-state index in [4.69, 9.17) is 14.7 Å². The number of carbonyl (C=O) groups is 1. The number of piperazine rings is 1. The molecular weight excluding hydrogens is 500 g/mol. The van der Waals surface area contributed by atoms with Gasteiger partial charge >= 0.3 is 0 Å². The van der Waals surface area contributed by atoms with Crippen LogP contribution in [0.25, 0.3) is 0 Å². The van der Waals surface area contributed by atoms with Gasteiger partial charge in [0.15, 0.2) is 22.6 Å². The first-order chi connectivity index (χ1) is 18.3. The van der Waals surface area contributed by atoms with E-state index in [9.17, 15) is 4.79 Å². The summed E-state index contributed by atoms with van der Waals surface area (Å²) in [6.07, 6.45) is 1.01. The largest absolute Gasteiger partial charge is 0.490 e. The highest BCUT2D eigenvalue weighted by atomic mass is 32.2. The summed E-state index contributed by atoms with van der Waals surface area (Å²) >= 11 is 1.49. The van der Waals surface area contributed by atoms with Crippen molar-refractivity contribution in [2.45, 2.75) is 36.7 Å². The quantitative estimate of drug-likeness (QED) is 0.333. The van der Waals surface area contributed by atoms with E-state index >= 15 is 0 Å². The van der Waals surface area contributed by atoms with Crippen LogP contribution in [0.15, 0.2) is 40.4 Å². The second-order valence-electron chi connectivity index (χ2n) is 9.72. The zero-order chi connectivity index (χ0) is 27.1. The van der Waals surface area contributed by atoms with Crippen LogP contribution < -0.4 is 15.0 Å². The number of benzene rings is 1. The molecule has 38 heavy (non-hydrogen) atoms. The van der Waals surface area contributed by atoms with Gasteiger partial charge < -0.3 is 19.9 Å². The molecule has 0 spiro atoms. The summed E-state index contributed by atoms with van der Waals surface area (Å²) in [5, 5.41) is 11.2. The fourth-order valence-corrected chi connectivity index (χ4v) is 4.96. The monoisotopic (exact) mass is 538 g/mol. The Morgan fingerprint density at radius 2 is 1.89 bits per heavy atom. The number of nitrogens with one attached hydrogen (secondary N) is 2. The van der Waals surface area contributed by atoms with Gasteiger partial charge in [-0.1, -0.05) is 19.1 Å². The second kappa shape index (κ2) is 13.1. The molecule has 0 atom stereocenters. The summed E-state index contributed by atoms with van der Waals surface area (Å²) in [5.41, 5.74) is 1.96. The van der Waals surface area contributed by atoms with Crippen molar-refractivity contribution < 1.29 is 9.53 Å². The average Bonchev–Trinajstić information content (AvgIpc) is 3.32. The van der Waals surface area contributed by atoms with Crippen LogP contribution in [0, 0.1) is 6.92 Å². The lowest BCUT2D eigenvalue weighted by Gasteiger charge is -2.36. The zero-order valence-electron chi connectivity index (χ0n) is 23.0. The third kappa shape index (κ3) is 7.46. The number of hydrogen-bond donors (Lipinski definition) is 2. The van der Waals surface area contributed by atoms with Crippen molar-refractivity contribution in [3.05, 3.63) is 41.6 Å². The highest BCUT2D eigenvalue weighted by Gasteiger charge is 2.25. The van der Waals surface area contributed by atoms with Crippen molar-refractivity contribution in [1.82, 2.24) is 30.0 Å². The Morgan fingerprint density at radius 3 is 2.50 bits per heavy atom. The summed E-state index contributed by atoms with van der Waals surface area (Å²) in [5.74, 6) is 2.86. The first kappa shape index (κ1) is 27.9. The lowest BCUT2D eigenvalue weighted by Crippen LogP contribution is -2.48. The topological polar surface area (TPSA) is 103 Å². The van der Waals surface area contributed by atoms with Crippen LogP contribution in [0.2, 0.25) is 0 Å². The minimum Gasteiger partial charge on any atom is -0.490 e. The van der Waals surface area contributed by atoms with Gasteiger partial charge in [0.2, 0.25) is 5.75 Å². The number of rotatable bonds is 12. The maximum atomic E-state index is 11.8. The summed E-state index contributed by atoms with van der Waals surface area (Å²) in [6, 6.07) is 9.96. The number of nitrogens with zero attached hydrogens (tertiary/aromatic N) is 6. The normalized spacial score (nSPS) is 14.2. The Labute approximate surface area is 229 Å². The molecule has 1 aromatic carbocycles. The molecule has 1 aliphatic rings. The van der Waals surface area contributed by atoms with Crippen LogP contribution in [-0.2, 0) is 11.2 Å². The Kier molecular flexibility index (Phi) is 9.59. The lowest BCUT2D eigenvalue weighted by molar-refractivity contribution is -0.118. The van der Waals surface area contributed by atoms with Gasteiger partial charge in [-0.25, -0.2) is 9.97 Å². The van der Waals surface area contributed by atoms with Crippen LogP contribution in [0.3, 0.4) is 0 Å². The molecule has 0 radical (unpaired) electrons. The molecule has 0 unspecified atom stereocenters. The molecule has 1 saturated heterocycles. The van der Waals surface area contributed by atoms with Crippen molar-refractivity contribution in [2.24, 2.45) is 0 Å². The summed E-state index contributed by atoms with van der Waals surface area (Å²) in [4.78, 5) is 29.6. The number of anilines is 3. The third-order valence-corrected chi connectivity index (χ3v) is 7.32. The number of Topliss-reactive ketones (excluding diaryl/α,β-unsaturated/α-hetero) is 1. The minimum absolute atomic E-state index is 0.236. The molecule has 0 bridgehead atoms. The van der Waals surface area contributed by atoms with Crippen LogP contribution >= 0.6 is 11.8 Å². The molecular formula is C27H38N8O2S. The molecule has 3 heterocycles. The van der Waals surface area contributed by atoms with Crippen molar-refractivity contribution in [1.29, 1.82) is 0 Å². The Morgan fingerprint density at radius 1 is 1.16 bits per heavy atom. The highest BCUT2D eigenvalue weighted by Crippen LogP contribution is 2.38. The third-order valence-electron chi connectivity index (χ3n) is 6.45. The van der Waals surface area contributed by atoms with Crippen LogP contribution in [-0.4, -0.2) is 96.2 Å². The maximum Gasteiger partial charge on any atom is 0.204 e. The summed E-state index contributed by atoms with van der Waals surface area (Å²) in [6.45, 7) is 9.57. The number of carbonyl (C=O) groups excluding carboxylic acids is 1. The molecule has 1 fully saturated rings. The van der Waals surface area contributed by atoms with E-state index in [1.165, 1.54) is 11.8 Å². The van der Waals surface area contributed by atoms with Crippen LogP contribution in [0.1, 0.15) is 24.6 Å². The highest BCUT2D eigenvalue weighted by molar-refractivity contribution is 7.99. The number of methoxy groups -OCH3 is 1. The first-order valence-corrected chi connectivity index (χ1v) is 13.8. The molecule has 0 amide bonds. The van der Waals surface area contributed by atoms with E-state index in [0.717, 1.165) is 61.2 Å². The van der Waals surface area contributed by atoms with Crippen molar-refractivity contribution >= 4 is 35.0 Å². The van der Waals surface area contributed by atoms with E-state index in [1.54, 1.807) is 7.11 Å². The first-order valence-electron chi connectivity index (χ1n) is 13.0. The van der Waals surface area contributed by atoms with Gasteiger partial charge in [0.25, 0.3) is 0 Å². The van der Waals surface area contributed by atoms with Gasteiger partial charge in [-0.2, -0.15) is 5.10 Å². The SMILES string of the molecule is CCC(=O)Cc1ccc(Sc2nc(Nc3cc(C)[nH]n3)c(OC)c(N3CCN(CCN(C)C)CC3)n2)cc1. The van der Waals surface area contributed by atoms with Crippen LogP contribution in [0.5, 0.6) is 5.75 Å². The molecule has 4 rings (SSSR count). The van der Waals surface area contributed by atoms with E-state index in [2.05, 4.69) is 44.3 Å². The van der Waals surface area contributed by atoms with Gasteiger partial charge in [0.05, 0.1) is 7.11 Å². The molecule has 1 aliphatic heterocycles. The zero-order valence-corrected chi connectivity index (χ0v) is 23.8. The van der Waals surface area contributed by atoms with Gasteiger partial charge in [0.1, 0.15) is 5.78 Å². The molecule has 11 heteroatoms. The number of aromatic nitrogens is 4. The Balaban J connectivity index is 1.59. The fraction of sp³-hybridized carbons (Fsp3) is 0.481. The predicted octanol–water partition coefficient (Wildman–Crippen LogP) is 3.62. The van der Waals surface area contributed by atoms with E-state index in [-0.39, 0.29) is 5.78 Å². The van der Waals surface area contributed by atoms with E-state index in [0.29, 0.717) is 35.4 Å². The van der Waals surface area contributed by atoms with E-state index in [1.807, 2.05) is 44.2 Å². The molecule has 3 aromatic rings. The molecule has 204 valence electrons. The van der Waals surface area contributed by atoms with Gasteiger partial charge in [-0.05, 0) is 50.5 Å². The average molecular weight is 539 g/mol. The van der Waals surface area contributed by atoms with Crippen molar-refractivity contribution in [3.63, 3.8) is 0 Å². The molecule has 2 N–H and O–H groups in total. The fourth-order valence-electron chi connectivity index (χ4n) is 4.21. The van der Waals surface area contributed by atoms with Gasteiger partial charge in [0, 0.05) is 68.8 Å². The number of aryl methyl sites for hydroxylation is 1. The Bertz CT molecular complexity index is 1210. The molecule has 2 aromatic heterocycles. The molecule has 0 aliphatic carbocycles. The minimum atomic E-state index is 0.236. The van der Waals surface area contributed by atoms with Gasteiger partial charge in [-0.15, -0.1) is 0 Å². The number of H-pyrrole nitrogens is 1. The number of ether oxygens (including phenoxy) is 1. The smallest absolute Gasteiger partial charge is 0.204 e. The number of ketones is 1. The lowest BCUT2D eigenvalue weighted by atomic mass is 10.1. The molecule has 0 saturated carbocycles. The van der Waals surface area contributed by atoms with E-state index < -0.39 is 0 Å². The number of likely N-dealkylation sites (N-methyl/N-ethyl adjacent to an activating group) is 1. The second-order valence-corrected chi connectivity index (χ2v) is 10.8. The summed E-state index contributed by atoms with van der Waals surface area (Å²) in [7, 11) is 5.86. The Hall–Kier alpha value is -3.15. The van der Waals surface area contributed by atoms with Gasteiger partial charge in [-0.3, -0.25) is 14.8 Å².